The quantitative estimate of drug-likeness (QED) is 0.772. The third-order valence-corrected chi connectivity index (χ3v) is 7.12. The monoisotopic (exact) mass is 249 g/mol. The summed E-state index contributed by atoms with van der Waals surface area (Å²) in [4.78, 5) is 0. The third kappa shape index (κ3) is 1.69. The molecule has 6 atom stereocenters. The van der Waals surface area contributed by atoms with Crippen LogP contribution in [-0.2, 0) is 0 Å². The number of rotatable bonds is 2. The van der Waals surface area contributed by atoms with Gasteiger partial charge in [0.05, 0.1) is 0 Å². The first-order chi connectivity index (χ1) is 8.34. The van der Waals surface area contributed by atoms with E-state index < -0.39 is 0 Å². The summed E-state index contributed by atoms with van der Waals surface area (Å²) >= 11 is 0. The minimum atomic E-state index is 0.512. The van der Waals surface area contributed by atoms with Gasteiger partial charge in [-0.1, -0.05) is 34.6 Å². The second kappa shape index (κ2) is 3.98. The molecule has 0 aliphatic heterocycles. The van der Waals surface area contributed by atoms with Crippen LogP contribution in [0, 0.1) is 28.6 Å². The summed E-state index contributed by atoms with van der Waals surface area (Å²) in [6.45, 7) is 12.5. The summed E-state index contributed by atoms with van der Waals surface area (Å²) in [7, 11) is 0. The highest BCUT2D eigenvalue weighted by Gasteiger charge is 2.59. The van der Waals surface area contributed by atoms with Gasteiger partial charge in [0.25, 0.3) is 0 Å². The zero-order valence-electron chi connectivity index (χ0n) is 12.9. The normalized spacial score (nSPS) is 54.2. The lowest BCUT2D eigenvalue weighted by Crippen LogP contribution is -2.54. The van der Waals surface area contributed by atoms with E-state index in [4.69, 9.17) is 0 Å². The molecular weight excluding hydrogens is 218 g/mol. The lowest BCUT2D eigenvalue weighted by Gasteiger charge is -2.45. The van der Waals surface area contributed by atoms with E-state index in [-0.39, 0.29) is 0 Å². The minimum Gasteiger partial charge on any atom is -0.310 e. The van der Waals surface area contributed by atoms with Gasteiger partial charge in [0.15, 0.2) is 0 Å². The van der Waals surface area contributed by atoms with Crippen LogP contribution in [0.1, 0.15) is 66.7 Å². The van der Waals surface area contributed by atoms with E-state index in [1.165, 1.54) is 32.1 Å². The fourth-order valence-electron chi connectivity index (χ4n) is 5.53. The van der Waals surface area contributed by atoms with Gasteiger partial charge in [-0.05, 0) is 60.7 Å². The Labute approximate surface area is 113 Å². The Kier molecular flexibility index (Phi) is 2.86. The molecule has 0 aromatic heterocycles. The molecule has 3 rings (SSSR count). The van der Waals surface area contributed by atoms with Crippen molar-refractivity contribution in [3.63, 3.8) is 0 Å². The van der Waals surface area contributed by atoms with Gasteiger partial charge in [-0.2, -0.15) is 0 Å². The molecule has 0 heterocycles. The van der Waals surface area contributed by atoms with Gasteiger partial charge in [-0.15, -0.1) is 0 Å². The predicted octanol–water partition coefficient (Wildman–Crippen LogP) is 4.23. The van der Waals surface area contributed by atoms with E-state index in [1.54, 1.807) is 0 Å². The zero-order chi connectivity index (χ0) is 13.1. The van der Waals surface area contributed by atoms with Crippen LogP contribution in [0.25, 0.3) is 0 Å². The Balaban J connectivity index is 1.76. The van der Waals surface area contributed by atoms with Gasteiger partial charge in [-0.3, -0.25) is 0 Å². The molecule has 0 aromatic carbocycles. The number of fused-ring (bicyclic) bond motifs is 2. The van der Waals surface area contributed by atoms with E-state index in [9.17, 15) is 0 Å². The average molecular weight is 249 g/mol. The van der Waals surface area contributed by atoms with Crippen molar-refractivity contribution in [3.8, 4) is 0 Å². The Morgan fingerprint density at radius 2 is 1.72 bits per heavy atom. The highest BCUT2D eigenvalue weighted by molar-refractivity contribution is 5.13. The van der Waals surface area contributed by atoms with Crippen LogP contribution < -0.4 is 5.32 Å². The molecule has 1 N–H and O–H groups in total. The lowest BCUT2D eigenvalue weighted by atomic mass is 9.68. The second-order valence-electron chi connectivity index (χ2n) is 8.54. The van der Waals surface area contributed by atoms with Crippen molar-refractivity contribution in [2.45, 2.75) is 78.8 Å². The van der Waals surface area contributed by atoms with Gasteiger partial charge in [0.2, 0.25) is 0 Å². The molecule has 1 nitrogen and oxygen atoms in total. The maximum atomic E-state index is 4.12. The number of hydrogen-bond acceptors (Lipinski definition) is 1. The Morgan fingerprint density at radius 3 is 2.22 bits per heavy atom. The van der Waals surface area contributed by atoms with Crippen LogP contribution in [0.3, 0.4) is 0 Å². The second-order valence-corrected chi connectivity index (χ2v) is 8.54. The molecule has 0 saturated heterocycles. The van der Waals surface area contributed by atoms with Crippen LogP contribution in [0.4, 0.5) is 0 Å². The largest absolute Gasteiger partial charge is 0.310 e. The number of hydrogen-bond donors (Lipinski definition) is 1. The molecule has 3 aliphatic rings. The summed E-state index contributed by atoms with van der Waals surface area (Å²) in [5, 5.41) is 4.12. The Bertz CT molecular complexity index is 330. The van der Waals surface area contributed by atoms with Crippen molar-refractivity contribution in [2.24, 2.45) is 28.6 Å². The standard InChI is InChI=1S/C17H31N/c1-11-6-7-14(12(11)2)18-15-16(3,4)13-8-9-17(15,5)10-13/h11-15,18H,6-10H2,1-5H3/t11?,12?,13-,14?,15?,17+/m0/s1. The van der Waals surface area contributed by atoms with Gasteiger partial charge in [0.1, 0.15) is 0 Å². The van der Waals surface area contributed by atoms with Crippen molar-refractivity contribution < 1.29 is 0 Å². The molecule has 0 aromatic rings. The fourth-order valence-corrected chi connectivity index (χ4v) is 5.53. The molecule has 104 valence electrons. The first kappa shape index (κ1) is 13.0. The smallest absolute Gasteiger partial charge is 0.0177 e. The van der Waals surface area contributed by atoms with Crippen molar-refractivity contribution in [3.05, 3.63) is 0 Å². The molecule has 1 heteroatoms. The van der Waals surface area contributed by atoms with Gasteiger partial charge in [-0.25, -0.2) is 0 Å². The fraction of sp³-hybridized carbons (Fsp3) is 1.00. The topological polar surface area (TPSA) is 12.0 Å². The van der Waals surface area contributed by atoms with E-state index in [0.717, 1.165) is 29.8 Å². The van der Waals surface area contributed by atoms with Gasteiger partial charge in [0, 0.05) is 12.1 Å². The van der Waals surface area contributed by atoms with Crippen molar-refractivity contribution in [1.29, 1.82) is 0 Å². The van der Waals surface area contributed by atoms with Gasteiger partial charge >= 0.3 is 0 Å². The zero-order valence-corrected chi connectivity index (χ0v) is 12.9. The lowest BCUT2D eigenvalue weighted by molar-refractivity contribution is 0.0924. The maximum absolute atomic E-state index is 4.12. The molecule has 0 radical (unpaired) electrons. The van der Waals surface area contributed by atoms with E-state index >= 15 is 0 Å². The highest BCUT2D eigenvalue weighted by atomic mass is 15.0. The first-order valence-electron chi connectivity index (χ1n) is 8.10. The Hall–Kier alpha value is -0.0400. The number of nitrogens with one attached hydrogen (secondary N) is 1. The van der Waals surface area contributed by atoms with Crippen LogP contribution in [0.15, 0.2) is 0 Å². The van der Waals surface area contributed by atoms with E-state index in [0.29, 0.717) is 10.8 Å². The molecule has 4 unspecified atom stereocenters. The molecular formula is C17H31N. The van der Waals surface area contributed by atoms with Crippen LogP contribution >= 0.6 is 0 Å². The molecule has 3 fully saturated rings. The summed E-state index contributed by atoms with van der Waals surface area (Å²) in [6, 6.07) is 1.53. The molecule has 3 saturated carbocycles. The third-order valence-electron chi connectivity index (χ3n) is 7.12. The molecule has 2 bridgehead atoms. The minimum absolute atomic E-state index is 0.512. The SMILES string of the molecule is CC1CCC(NC2C(C)(C)[C@H]3CC[C@]2(C)C3)C1C. The van der Waals surface area contributed by atoms with E-state index in [2.05, 4.69) is 39.9 Å². The summed E-state index contributed by atoms with van der Waals surface area (Å²) in [6.07, 6.45) is 7.21. The molecule has 0 spiro atoms. The van der Waals surface area contributed by atoms with Gasteiger partial charge < -0.3 is 5.32 Å². The molecule has 3 aliphatic carbocycles. The molecule has 18 heavy (non-hydrogen) atoms. The van der Waals surface area contributed by atoms with Crippen molar-refractivity contribution in [2.75, 3.05) is 0 Å². The molecule has 0 amide bonds. The van der Waals surface area contributed by atoms with Crippen LogP contribution in [-0.4, -0.2) is 12.1 Å². The maximum Gasteiger partial charge on any atom is 0.0177 e. The summed E-state index contributed by atoms with van der Waals surface area (Å²) in [5.74, 6) is 2.75. The van der Waals surface area contributed by atoms with Crippen molar-refractivity contribution in [1.82, 2.24) is 5.32 Å². The van der Waals surface area contributed by atoms with Crippen LogP contribution in [0.5, 0.6) is 0 Å². The van der Waals surface area contributed by atoms with E-state index in [1.807, 2.05) is 0 Å². The predicted molar refractivity (Wildman–Crippen MR) is 77.5 cm³/mol. The van der Waals surface area contributed by atoms with Crippen molar-refractivity contribution >= 4 is 0 Å². The summed E-state index contributed by atoms with van der Waals surface area (Å²) < 4.78 is 0. The first-order valence-corrected chi connectivity index (χ1v) is 8.10. The Morgan fingerprint density at radius 1 is 1.00 bits per heavy atom. The highest BCUT2D eigenvalue weighted by Crippen LogP contribution is 2.62. The van der Waals surface area contributed by atoms with Crippen LogP contribution in [0.2, 0.25) is 0 Å². The summed E-state index contributed by atoms with van der Waals surface area (Å²) in [5.41, 5.74) is 1.10. The average Bonchev–Trinajstić information content (AvgIpc) is 2.87.